The van der Waals surface area contributed by atoms with E-state index in [4.69, 9.17) is 4.74 Å². The number of nitrogens with one attached hydrogen (secondary N) is 1. The van der Waals surface area contributed by atoms with Crippen LogP contribution < -0.4 is 0 Å². The Bertz CT molecular complexity index is 586. The number of aromatic nitrogens is 1. The zero-order chi connectivity index (χ0) is 12.4. The number of halogens is 1. The molecule has 2 aromatic rings. The Hall–Kier alpha value is -2.10. The standard InChI is InChI=1S/C13H12FNO2/c1-3-8-9-7-12(13(16)17-4-2)15-11(9)6-5-10(8)14/h3,5-7,15H,1,4H2,2H3. The molecule has 1 aromatic carbocycles. The van der Waals surface area contributed by atoms with Crippen LogP contribution in [0.5, 0.6) is 0 Å². The monoisotopic (exact) mass is 233 g/mol. The summed E-state index contributed by atoms with van der Waals surface area (Å²) in [6, 6.07) is 4.50. The van der Waals surface area contributed by atoms with Gasteiger partial charge in [0.2, 0.25) is 0 Å². The lowest BCUT2D eigenvalue weighted by Crippen LogP contribution is -2.04. The van der Waals surface area contributed by atoms with E-state index in [-0.39, 0.29) is 5.82 Å². The van der Waals surface area contributed by atoms with Gasteiger partial charge in [0.25, 0.3) is 0 Å². The third-order valence-corrected chi connectivity index (χ3v) is 2.49. The van der Waals surface area contributed by atoms with Gasteiger partial charge in [-0.2, -0.15) is 0 Å². The van der Waals surface area contributed by atoms with Crippen molar-refractivity contribution in [1.82, 2.24) is 4.98 Å². The van der Waals surface area contributed by atoms with Crippen LogP contribution >= 0.6 is 0 Å². The fourth-order valence-electron chi connectivity index (χ4n) is 1.73. The van der Waals surface area contributed by atoms with Crippen molar-refractivity contribution < 1.29 is 13.9 Å². The van der Waals surface area contributed by atoms with Crippen LogP contribution in [0.1, 0.15) is 23.0 Å². The summed E-state index contributed by atoms with van der Waals surface area (Å²) in [5.74, 6) is -0.805. The van der Waals surface area contributed by atoms with Crippen LogP contribution in [0, 0.1) is 5.82 Å². The molecule has 4 heteroatoms. The molecule has 2 rings (SSSR count). The highest BCUT2D eigenvalue weighted by Gasteiger charge is 2.13. The number of benzene rings is 1. The second-order valence-corrected chi connectivity index (χ2v) is 3.53. The number of fused-ring (bicyclic) bond motifs is 1. The Kier molecular flexibility index (Phi) is 2.95. The number of H-pyrrole nitrogens is 1. The molecule has 0 spiro atoms. The number of esters is 1. The molecule has 17 heavy (non-hydrogen) atoms. The number of ether oxygens (including phenoxy) is 1. The molecule has 0 bridgehead atoms. The summed E-state index contributed by atoms with van der Waals surface area (Å²) in [4.78, 5) is 14.4. The third-order valence-electron chi connectivity index (χ3n) is 2.49. The molecule has 88 valence electrons. The van der Waals surface area contributed by atoms with Gasteiger partial charge in [-0.3, -0.25) is 0 Å². The third kappa shape index (κ3) is 1.93. The Morgan fingerprint density at radius 3 is 3.00 bits per heavy atom. The molecule has 0 aliphatic rings. The lowest BCUT2D eigenvalue weighted by atomic mass is 10.1. The van der Waals surface area contributed by atoms with Crippen LogP contribution in [0.25, 0.3) is 17.0 Å². The summed E-state index contributed by atoms with van der Waals surface area (Å²) in [5, 5.41) is 0.628. The SMILES string of the molecule is C=Cc1c(F)ccc2[nH]c(C(=O)OCC)cc12. The lowest BCUT2D eigenvalue weighted by Gasteiger charge is -1.97. The molecule has 0 saturated carbocycles. The maximum atomic E-state index is 13.5. The summed E-state index contributed by atoms with van der Waals surface area (Å²) >= 11 is 0. The summed E-state index contributed by atoms with van der Waals surface area (Å²) < 4.78 is 18.3. The number of rotatable bonds is 3. The lowest BCUT2D eigenvalue weighted by molar-refractivity contribution is 0.0520. The van der Waals surface area contributed by atoms with E-state index in [0.29, 0.717) is 28.8 Å². The van der Waals surface area contributed by atoms with Crippen molar-refractivity contribution in [2.24, 2.45) is 0 Å². The zero-order valence-corrected chi connectivity index (χ0v) is 9.42. The molecule has 1 N–H and O–H groups in total. The normalized spacial score (nSPS) is 10.5. The van der Waals surface area contributed by atoms with Crippen LogP contribution in [-0.4, -0.2) is 17.6 Å². The van der Waals surface area contributed by atoms with Gasteiger partial charge in [-0.1, -0.05) is 12.7 Å². The van der Waals surface area contributed by atoms with Crippen molar-refractivity contribution in [3.05, 3.63) is 41.9 Å². The largest absolute Gasteiger partial charge is 0.461 e. The van der Waals surface area contributed by atoms with Gasteiger partial charge in [0.05, 0.1) is 6.61 Å². The van der Waals surface area contributed by atoms with Crippen molar-refractivity contribution in [2.75, 3.05) is 6.61 Å². The van der Waals surface area contributed by atoms with Gasteiger partial charge >= 0.3 is 5.97 Å². The minimum Gasteiger partial charge on any atom is -0.461 e. The first kappa shape index (κ1) is 11.4. The van der Waals surface area contributed by atoms with Crippen molar-refractivity contribution in [2.45, 2.75) is 6.92 Å². The first-order valence-electron chi connectivity index (χ1n) is 5.28. The number of aromatic amines is 1. The molecule has 3 nitrogen and oxygen atoms in total. The Morgan fingerprint density at radius 1 is 1.59 bits per heavy atom. The minimum absolute atomic E-state index is 0.302. The molecule has 0 aliphatic carbocycles. The molecule has 0 radical (unpaired) electrons. The predicted octanol–water partition coefficient (Wildman–Crippen LogP) is 3.13. The van der Waals surface area contributed by atoms with E-state index >= 15 is 0 Å². The maximum Gasteiger partial charge on any atom is 0.354 e. The van der Waals surface area contributed by atoms with E-state index in [0.717, 1.165) is 0 Å². The summed E-state index contributed by atoms with van der Waals surface area (Å²) in [6.07, 6.45) is 1.43. The van der Waals surface area contributed by atoms with Crippen LogP contribution in [0.4, 0.5) is 4.39 Å². The molecule has 1 aromatic heterocycles. The first-order chi connectivity index (χ1) is 8.17. The molecule has 0 aliphatic heterocycles. The first-order valence-corrected chi connectivity index (χ1v) is 5.28. The van der Waals surface area contributed by atoms with Crippen LogP contribution in [0.2, 0.25) is 0 Å². The Labute approximate surface area is 97.9 Å². The molecular weight excluding hydrogens is 221 g/mol. The topological polar surface area (TPSA) is 42.1 Å². The summed E-state index contributed by atoms with van der Waals surface area (Å²) in [7, 11) is 0. The summed E-state index contributed by atoms with van der Waals surface area (Å²) in [6.45, 7) is 5.60. The average molecular weight is 233 g/mol. The van der Waals surface area contributed by atoms with Gasteiger partial charge in [0.1, 0.15) is 11.5 Å². The summed E-state index contributed by atoms with van der Waals surface area (Å²) in [5.41, 5.74) is 1.38. The van der Waals surface area contributed by atoms with Crippen molar-refractivity contribution in [1.29, 1.82) is 0 Å². The average Bonchev–Trinajstić information content (AvgIpc) is 2.73. The van der Waals surface area contributed by atoms with E-state index < -0.39 is 5.97 Å². The van der Waals surface area contributed by atoms with Gasteiger partial charge in [0.15, 0.2) is 0 Å². The van der Waals surface area contributed by atoms with Crippen LogP contribution in [-0.2, 0) is 4.74 Å². The fraction of sp³-hybridized carbons (Fsp3) is 0.154. The zero-order valence-electron chi connectivity index (χ0n) is 9.42. The Morgan fingerprint density at radius 2 is 2.35 bits per heavy atom. The highest BCUT2D eigenvalue weighted by molar-refractivity contribution is 5.97. The van der Waals surface area contributed by atoms with Gasteiger partial charge in [-0.25, -0.2) is 9.18 Å². The minimum atomic E-state index is -0.445. The van der Waals surface area contributed by atoms with Gasteiger partial charge in [-0.05, 0) is 25.1 Å². The molecule has 0 unspecified atom stereocenters. The van der Waals surface area contributed by atoms with Crippen molar-refractivity contribution in [3.63, 3.8) is 0 Å². The number of hydrogen-bond acceptors (Lipinski definition) is 2. The van der Waals surface area contributed by atoms with E-state index in [1.165, 1.54) is 12.1 Å². The molecule has 1 heterocycles. The number of carbonyl (C=O) groups excluding carboxylic acids is 1. The quantitative estimate of drug-likeness (QED) is 0.827. The molecule has 0 amide bonds. The van der Waals surface area contributed by atoms with E-state index in [2.05, 4.69) is 11.6 Å². The van der Waals surface area contributed by atoms with Gasteiger partial charge < -0.3 is 9.72 Å². The van der Waals surface area contributed by atoms with Crippen LogP contribution in [0.3, 0.4) is 0 Å². The van der Waals surface area contributed by atoms with Crippen molar-refractivity contribution in [3.8, 4) is 0 Å². The highest BCUT2D eigenvalue weighted by Crippen LogP contribution is 2.23. The van der Waals surface area contributed by atoms with E-state index in [9.17, 15) is 9.18 Å². The van der Waals surface area contributed by atoms with Gasteiger partial charge in [-0.15, -0.1) is 0 Å². The van der Waals surface area contributed by atoms with Crippen LogP contribution in [0.15, 0.2) is 24.8 Å². The molecular formula is C13H12FNO2. The second-order valence-electron chi connectivity index (χ2n) is 3.53. The molecule has 0 fully saturated rings. The fourth-order valence-corrected chi connectivity index (χ4v) is 1.73. The number of hydrogen-bond donors (Lipinski definition) is 1. The highest BCUT2D eigenvalue weighted by atomic mass is 19.1. The maximum absolute atomic E-state index is 13.5. The van der Waals surface area contributed by atoms with Gasteiger partial charge in [0, 0.05) is 16.5 Å². The second kappa shape index (κ2) is 4.41. The van der Waals surface area contributed by atoms with Crippen molar-refractivity contribution >= 4 is 22.9 Å². The van der Waals surface area contributed by atoms with E-state index in [1.54, 1.807) is 19.1 Å². The molecule has 0 saturated heterocycles. The Balaban J connectivity index is 2.57. The molecule has 0 atom stereocenters. The van der Waals surface area contributed by atoms with E-state index in [1.807, 2.05) is 0 Å². The predicted molar refractivity (Wildman–Crippen MR) is 64.3 cm³/mol. The number of carbonyl (C=O) groups is 1. The smallest absolute Gasteiger partial charge is 0.354 e.